The number of methoxy groups -OCH3 is 1. The molecule has 1 heterocycles. The lowest BCUT2D eigenvalue weighted by molar-refractivity contribution is -0.148. The Bertz CT molecular complexity index is 1010. The number of piperidine rings is 1. The fourth-order valence-electron chi connectivity index (χ4n) is 4.65. The molecule has 6 atom stereocenters. The van der Waals surface area contributed by atoms with Gasteiger partial charge in [-0.05, 0) is 38.2 Å². The zero-order valence-electron chi connectivity index (χ0n) is 22.2. The van der Waals surface area contributed by atoms with Gasteiger partial charge in [0.15, 0.2) is 0 Å². The van der Waals surface area contributed by atoms with E-state index >= 15 is 0 Å². The Morgan fingerprint density at radius 1 is 1.15 bits per heavy atom. The van der Waals surface area contributed by atoms with E-state index in [1.165, 1.54) is 18.9 Å². The van der Waals surface area contributed by atoms with Gasteiger partial charge in [0.25, 0.3) is 0 Å². The average Bonchev–Trinajstić information content (AvgIpc) is 2.89. The quantitative estimate of drug-likeness (QED) is 0.162. The minimum atomic E-state index is -1.47. The molecule has 4 amide bonds. The number of nitrogens with two attached hydrogens (primary N) is 2. The first-order valence-electron chi connectivity index (χ1n) is 12.9. The van der Waals surface area contributed by atoms with Gasteiger partial charge in [0.2, 0.25) is 23.6 Å². The molecule has 13 heteroatoms. The summed E-state index contributed by atoms with van der Waals surface area (Å²) >= 11 is 0. The summed E-state index contributed by atoms with van der Waals surface area (Å²) in [5, 5.41) is 24.5. The second-order valence-electron chi connectivity index (χ2n) is 9.71. The van der Waals surface area contributed by atoms with Gasteiger partial charge in [-0.25, -0.2) is 4.79 Å². The van der Waals surface area contributed by atoms with Crippen LogP contribution in [-0.2, 0) is 35.1 Å². The van der Waals surface area contributed by atoms with Gasteiger partial charge in [0.05, 0.1) is 30.7 Å². The van der Waals surface area contributed by atoms with Gasteiger partial charge in [-0.2, -0.15) is 0 Å². The van der Waals surface area contributed by atoms with Gasteiger partial charge >= 0.3 is 5.97 Å². The van der Waals surface area contributed by atoms with Crippen LogP contribution in [0.1, 0.15) is 44.6 Å². The van der Waals surface area contributed by atoms with Crippen molar-refractivity contribution in [3.8, 4) is 0 Å². The van der Waals surface area contributed by atoms with Gasteiger partial charge < -0.3 is 42.0 Å². The number of benzene rings is 1. The van der Waals surface area contributed by atoms with Crippen LogP contribution in [0.2, 0.25) is 0 Å². The number of rotatable bonds is 14. The van der Waals surface area contributed by atoms with Gasteiger partial charge in [-0.15, -0.1) is 0 Å². The number of carbonyl (C=O) groups excluding carboxylic acids is 4. The van der Waals surface area contributed by atoms with Crippen molar-refractivity contribution in [1.82, 2.24) is 15.5 Å². The van der Waals surface area contributed by atoms with Crippen LogP contribution in [0.15, 0.2) is 30.3 Å². The van der Waals surface area contributed by atoms with Gasteiger partial charge in [0, 0.05) is 20.1 Å². The highest BCUT2D eigenvalue weighted by Crippen LogP contribution is 2.25. The van der Waals surface area contributed by atoms with Crippen LogP contribution in [-0.4, -0.2) is 94.7 Å². The van der Waals surface area contributed by atoms with E-state index in [9.17, 15) is 34.2 Å². The Morgan fingerprint density at radius 2 is 1.82 bits per heavy atom. The molecule has 0 aliphatic carbocycles. The number of aliphatic hydroxyl groups is 1. The van der Waals surface area contributed by atoms with E-state index in [2.05, 4.69) is 10.6 Å². The number of aliphatic carboxylic acids is 1. The molecule has 1 aromatic rings. The lowest BCUT2D eigenvalue weighted by Gasteiger charge is -2.42. The smallest absolute Gasteiger partial charge is 0.326 e. The van der Waals surface area contributed by atoms with E-state index in [1.807, 2.05) is 30.3 Å². The van der Waals surface area contributed by atoms with Crippen molar-refractivity contribution < 1.29 is 38.9 Å². The zero-order chi connectivity index (χ0) is 29.1. The number of carbonyl (C=O) groups is 5. The molecule has 8 N–H and O–H groups in total. The van der Waals surface area contributed by atoms with E-state index in [0.717, 1.165) is 5.56 Å². The highest BCUT2D eigenvalue weighted by atomic mass is 16.5. The number of amides is 4. The van der Waals surface area contributed by atoms with Crippen LogP contribution in [0.25, 0.3) is 0 Å². The van der Waals surface area contributed by atoms with Crippen LogP contribution in [0.3, 0.4) is 0 Å². The van der Waals surface area contributed by atoms with Gasteiger partial charge in [-0.1, -0.05) is 30.3 Å². The fourth-order valence-corrected chi connectivity index (χ4v) is 4.65. The summed E-state index contributed by atoms with van der Waals surface area (Å²) in [5.41, 5.74) is 12.0. The molecule has 0 unspecified atom stereocenters. The Balaban J connectivity index is 2.11. The maximum atomic E-state index is 13.6. The number of carboxylic acids is 1. The number of likely N-dealkylation sites (tertiary alicyclic amines) is 1. The summed E-state index contributed by atoms with van der Waals surface area (Å²) < 4.78 is 5.56. The first-order valence-corrected chi connectivity index (χ1v) is 12.9. The number of hydrogen-bond acceptors (Lipinski definition) is 8. The standard InChI is InChI=1S/C26H39N5O8/c1-15(32)23(30-24(35)17(27)13-16-7-4-3-5-8-16)25(36)31-12-6-9-20(39-2)19(31)10-11-22(34)29-18(26(37)38)14-21(28)33/h3-5,7-8,15,17-20,23,32H,6,9-14,27H2,1-2H3,(H2,28,33)(H,29,34)(H,30,35)(H,37,38)/t15-,17-,18-,19-,20-,23-/m0/s1. The molecule has 0 saturated carbocycles. The number of primary amides is 1. The number of hydrogen-bond donors (Lipinski definition) is 6. The third-order valence-corrected chi connectivity index (χ3v) is 6.69. The molecule has 1 aliphatic heterocycles. The molecular weight excluding hydrogens is 510 g/mol. The molecule has 0 radical (unpaired) electrons. The van der Waals surface area contributed by atoms with Crippen molar-refractivity contribution >= 4 is 29.6 Å². The molecule has 13 nitrogen and oxygen atoms in total. The minimum Gasteiger partial charge on any atom is -0.480 e. The third kappa shape index (κ3) is 9.61. The molecule has 216 valence electrons. The Hall–Kier alpha value is -3.55. The molecular formula is C26H39N5O8. The molecule has 0 spiro atoms. The Labute approximate surface area is 227 Å². The number of ether oxygens (including phenoxy) is 1. The fraction of sp³-hybridized carbons (Fsp3) is 0.577. The van der Waals surface area contributed by atoms with Crippen LogP contribution >= 0.6 is 0 Å². The first kappa shape index (κ1) is 31.7. The van der Waals surface area contributed by atoms with Crippen molar-refractivity contribution in [2.45, 2.75) is 81.8 Å². The average molecular weight is 550 g/mol. The van der Waals surface area contributed by atoms with Crippen LogP contribution in [0.5, 0.6) is 0 Å². The molecule has 1 aliphatic rings. The number of nitrogens with zero attached hydrogens (tertiary/aromatic N) is 1. The summed E-state index contributed by atoms with van der Waals surface area (Å²) in [6.45, 7) is 1.69. The molecule has 1 aromatic carbocycles. The number of aliphatic hydroxyl groups excluding tert-OH is 1. The van der Waals surface area contributed by atoms with Crippen molar-refractivity contribution in [1.29, 1.82) is 0 Å². The summed E-state index contributed by atoms with van der Waals surface area (Å²) in [6.07, 6.45) is -0.812. The molecule has 39 heavy (non-hydrogen) atoms. The second kappa shape index (κ2) is 15.1. The Morgan fingerprint density at radius 3 is 2.38 bits per heavy atom. The lowest BCUT2D eigenvalue weighted by atomic mass is 9.93. The van der Waals surface area contributed by atoms with Crippen molar-refractivity contribution in [2.75, 3.05) is 13.7 Å². The maximum Gasteiger partial charge on any atom is 0.326 e. The minimum absolute atomic E-state index is 0.118. The first-order chi connectivity index (χ1) is 18.4. The molecule has 2 rings (SSSR count). The van der Waals surface area contributed by atoms with E-state index in [0.29, 0.717) is 19.4 Å². The van der Waals surface area contributed by atoms with Crippen LogP contribution in [0.4, 0.5) is 0 Å². The van der Waals surface area contributed by atoms with Crippen molar-refractivity contribution in [3.05, 3.63) is 35.9 Å². The predicted molar refractivity (Wildman–Crippen MR) is 140 cm³/mol. The van der Waals surface area contributed by atoms with Crippen molar-refractivity contribution in [3.63, 3.8) is 0 Å². The number of carboxylic acid groups (broad SMARTS) is 1. The highest BCUT2D eigenvalue weighted by Gasteiger charge is 2.39. The maximum absolute atomic E-state index is 13.6. The number of nitrogens with one attached hydrogen (secondary N) is 2. The molecule has 0 aromatic heterocycles. The highest BCUT2D eigenvalue weighted by molar-refractivity contribution is 5.91. The summed E-state index contributed by atoms with van der Waals surface area (Å²) in [5.74, 6) is -4.05. The van der Waals surface area contributed by atoms with Gasteiger partial charge in [0.1, 0.15) is 12.1 Å². The normalized spacial score (nSPS) is 20.3. The lowest BCUT2D eigenvalue weighted by Crippen LogP contribution is -2.61. The summed E-state index contributed by atoms with van der Waals surface area (Å²) in [4.78, 5) is 62.8. The SMILES string of the molecule is CO[C@H]1CCCN(C(=O)[C@@H](NC(=O)[C@@H](N)Cc2ccccc2)[C@H](C)O)[C@H]1CCC(=O)N[C@@H](CC(N)=O)C(=O)O. The van der Waals surface area contributed by atoms with E-state index in [1.54, 1.807) is 0 Å². The zero-order valence-corrected chi connectivity index (χ0v) is 22.2. The summed E-state index contributed by atoms with van der Waals surface area (Å²) in [6, 6.07) is 4.87. The van der Waals surface area contributed by atoms with Crippen LogP contribution in [0, 0.1) is 0 Å². The Kier molecular flexibility index (Phi) is 12.3. The monoisotopic (exact) mass is 549 g/mol. The second-order valence-corrected chi connectivity index (χ2v) is 9.71. The van der Waals surface area contributed by atoms with Crippen molar-refractivity contribution in [2.24, 2.45) is 11.5 Å². The third-order valence-electron chi connectivity index (χ3n) is 6.69. The topological polar surface area (TPSA) is 214 Å². The predicted octanol–water partition coefficient (Wildman–Crippen LogP) is -1.35. The van der Waals surface area contributed by atoms with Gasteiger partial charge in [-0.3, -0.25) is 19.2 Å². The largest absolute Gasteiger partial charge is 0.480 e. The molecule has 1 saturated heterocycles. The van der Waals surface area contributed by atoms with E-state index in [-0.39, 0.29) is 19.3 Å². The molecule has 1 fully saturated rings. The van der Waals surface area contributed by atoms with Crippen LogP contribution < -0.4 is 22.1 Å². The van der Waals surface area contributed by atoms with E-state index in [4.69, 9.17) is 16.2 Å². The summed E-state index contributed by atoms with van der Waals surface area (Å²) in [7, 11) is 1.48. The molecule has 0 bridgehead atoms. The van der Waals surface area contributed by atoms with E-state index < -0.39 is 72.4 Å².